The van der Waals surface area contributed by atoms with Gasteiger partial charge in [-0.25, -0.2) is 9.98 Å². The number of likely N-dealkylation sites (tertiary alicyclic amines) is 1. The predicted octanol–water partition coefficient (Wildman–Crippen LogP) is 2.46. The van der Waals surface area contributed by atoms with Gasteiger partial charge in [-0.1, -0.05) is 6.07 Å². The molecular formula is C21H33N5O2. The zero-order valence-electron chi connectivity index (χ0n) is 16.9. The maximum Gasteiger partial charge on any atom is 0.218 e. The van der Waals surface area contributed by atoms with Crippen molar-refractivity contribution in [3.8, 4) is 5.88 Å². The molecule has 1 saturated heterocycles. The van der Waals surface area contributed by atoms with Gasteiger partial charge >= 0.3 is 0 Å². The Morgan fingerprint density at radius 3 is 2.93 bits per heavy atom. The molecule has 1 aromatic heterocycles. The molecule has 3 rings (SSSR count). The Hall–Kier alpha value is -2.31. The van der Waals surface area contributed by atoms with Crippen LogP contribution >= 0.6 is 0 Å². The molecule has 0 bridgehead atoms. The third-order valence-corrected chi connectivity index (χ3v) is 5.47. The van der Waals surface area contributed by atoms with Gasteiger partial charge in [0.2, 0.25) is 11.8 Å². The Bertz CT molecular complexity index is 673. The molecular weight excluding hydrogens is 354 g/mol. The van der Waals surface area contributed by atoms with E-state index in [1.54, 1.807) is 6.20 Å². The monoisotopic (exact) mass is 387 g/mol. The number of carbonyl (C=O) groups is 1. The average Bonchev–Trinajstić information content (AvgIpc) is 3.19. The van der Waals surface area contributed by atoms with Gasteiger partial charge in [-0.2, -0.15) is 0 Å². The van der Waals surface area contributed by atoms with Gasteiger partial charge in [0, 0.05) is 37.8 Å². The lowest BCUT2D eigenvalue weighted by Gasteiger charge is -2.34. The van der Waals surface area contributed by atoms with Gasteiger partial charge in [0.25, 0.3) is 0 Å². The van der Waals surface area contributed by atoms with Gasteiger partial charge in [0.1, 0.15) is 6.10 Å². The summed E-state index contributed by atoms with van der Waals surface area (Å²) in [5.74, 6) is 1.67. The van der Waals surface area contributed by atoms with E-state index in [0.717, 1.165) is 56.8 Å². The molecule has 1 aliphatic heterocycles. The summed E-state index contributed by atoms with van der Waals surface area (Å²) >= 11 is 0. The Labute approximate surface area is 167 Å². The number of nitrogens with one attached hydrogen (secondary N) is 1. The molecule has 2 aliphatic rings. The lowest BCUT2D eigenvalue weighted by atomic mass is 9.95. The number of amides is 1. The van der Waals surface area contributed by atoms with Crippen molar-refractivity contribution >= 4 is 11.9 Å². The minimum absolute atomic E-state index is 0.224. The zero-order valence-corrected chi connectivity index (χ0v) is 16.9. The molecule has 0 spiro atoms. The number of hydrogen-bond acceptors (Lipinski definition) is 4. The first-order chi connectivity index (χ1) is 13.7. The fourth-order valence-corrected chi connectivity index (χ4v) is 4.11. The number of guanidine groups is 1. The van der Waals surface area contributed by atoms with Gasteiger partial charge in [-0.3, -0.25) is 4.79 Å². The Kier molecular flexibility index (Phi) is 7.51. The van der Waals surface area contributed by atoms with E-state index in [0.29, 0.717) is 24.8 Å². The Balaban J connectivity index is 1.68. The molecule has 1 saturated carbocycles. The summed E-state index contributed by atoms with van der Waals surface area (Å²) in [6.45, 7) is 5.15. The van der Waals surface area contributed by atoms with Crippen molar-refractivity contribution in [2.24, 2.45) is 16.6 Å². The number of nitrogens with zero attached hydrogens (tertiary/aromatic N) is 3. The van der Waals surface area contributed by atoms with Crippen molar-refractivity contribution in [1.29, 1.82) is 0 Å². The SMILES string of the molecule is CCNC(=NCc1cccnc1OC1CCCC1)N1CCCC(CC(N)=O)C1. The third-order valence-electron chi connectivity index (χ3n) is 5.47. The molecule has 1 amide bonds. The van der Waals surface area contributed by atoms with E-state index >= 15 is 0 Å². The van der Waals surface area contributed by atoms with E-state index in [9.17, 15) is 4.79 Å². The van der Waals surface area contributed by atoms with Crippen LogP contribution in [0.5, 0.6) is 5.88 Å². The summed E-state index contributed by atoms with van der Waals surface area (Å²) in [5, 5.41) is 3.39. The molecule has 28 heavy (non-hydrogen) atoms. The molecule has 3 N–H and O–H groups in total. The lowest BCUT2D eigenvalue weighted by molar-refractivity contribution is -0.119. The smallest absolute Gasteiger partial charge is 0.218 e. The predicted molar refractivity (Wildman–Crippen MR) is 110 cm³/mol. The third kappa shape index (κ3) is 5.84. The number of primary amides is 1. The van der Waals surface area contributed by atoms with Gasteiger partial charge < -0.3 is 20.7 Å². The van der Waals surface area contributed by atoms with Crippen LogP contribution in [0, 0.1) is 5.92 Å². The molecule has 1 aromatic rings. The van der Waals surface area contributed by atoms with E-state index in [1.807, 2.05) is 12.1 Å². The largest absolute Gasteiger partial charge is 0.474 e. The topological polar surface area (TPSA) is 92.8 Å². The Morgan fingerprint density at radius 1 is 1.36 bits per heavy atom. The van der Waals surface area contributed by atoms with Crippen molar-refractivity contribution in [3.63, 3.8) is 0 Å². The van der Waals surface area contributed by atoms with Crippen LogP contribution in [0.25, 0.3) is 0 Å². The molecule has 1 aliphatic carbocycles. The minimum Gasteiger partial charge on any atom is -0.474 e. The highest BCUT2D eigenvalue weighted by molar-refractivity contribution is 5.80. The summed E-state index contributed by atoms with van der Waals surface area (Å²) in [7, 11) is 0. The van der Waals surface area contributed by atoms with Crippen LogP contribution in [-0.4, -0.2) is 47.5 Å². The summed E-state index contributed by atoms with van der Waals surface area (Å²) in [6, 6.07) is 3.97. The summed E-state index contributed by atoms with van der Waals surface area (Å²) < 4.78 is 6.14. The molecule has 154 valence electrons. The van der Waals surface area contributed by atoms with Crippen LogP contribution in [0.1, 0.15) is 57.4 Å². The van der Waals surface area contributed by atoms with E-state index in [4.69, 9.17) is 15.5 Å². The molecule has 7 heteroatoms. The van der Waals surface area contributed by atoms with Crippen molar-refractivity contribution in [2.75, 3.05) is 19.6 Å². The van der Waals surface area contributed by atoms with Crippen LogP contribution in [0.15, 0.2) is 23.3 Å². The number of hydrogen-bond donors (Lipinski definition) is 2. The number of ether oxygens (including phenoxy) is 1. The molecule has 0 radical (unpaired) electrons. The molecule has 7 nitrogen and oxygen atoms in total. The number of pyridine rings is 1. The highest BCUT2D eigenvalue weighted by Gasteiger charge is 2.24. The molecule has 2 heterocycles. The molecule has 1 atom stereocenters. The van der Waals surface area contributed by atoms with Crippen molar-refractivity contribution in [1.82, 2.24) is 15.2 Å². The van der Waals surface area contributed by atoms with Gasteiger partial charge in [-0.05, 0) is 57.4 Å². The zero-order chi connectivity index (χ0) is 19.8. The molecule has 0 aromatic carbocycles. The van der Waals surface area contributed by atoms with Crippen LogP contribution in [0.2, 0.25) is 0 Å². The fraction of sp³-hybridized carbons (Fsp3) is 0.667. The highest BCUT2D eigenvalue weighted by Crippen LogP contribution is 2.25. The standard InChI is InChI=1S/C21H33N5O2/c1-2-23-21(26-12-6-7-16(15-26)13-19(22)27)25-14-17-8-5-11-24-20(17)28-18-9-3-4-10-18/h5,8,11,16,18H,2-4,6-7,9-10,12-15H2,1H3,(H2,22,27)(H,23,25). The van der Waals surface area contributed by atoms with Crippen molar-refractivity contribution in [3.05, 3.63) is 23.9 Å². The van der Waals surface area contributed by atoms with Gasteiger partial charge in [-0.15, -0.1) is 0 Å². The first kappa shape index (κ1) is 20.4. The second-order valence-electron chi connectivity index (χ2n) is 7.79. The van der Waals surface area contributed by atoms with Gasteiger partial charge in [0.15, 0.2) is 5.96 Å². The van der Waals surface area contributed by atoms with Crippen LogP contribution < -0.4 is 15.8 Å². The number of aliphatic imine (C=N–C) groups is 1. The van der Waals surface area contributed by atoms with E-state index in [-0.39, 0.29) is 12.0 Å². The minimum atomic E-state index is -0.224. The number of rotatable bonds is 7. The summed E-state index contributed by atoms with van der Waals surface area (Å²) in [6.07, 6.45) is 9.27. The highest BCUT2D eigenvalue weighted by atomic mass is 16.5. The Morgan fingerprint density at radius 2 is 2.18 bits per heavy atom. The second-order valence-corrected chi connectivity index (χ2v) is 7.79. The van der Waals surface area contributed by atoms with E-state index < -0.39 is 0 Å². The second kappa shape index (κ2) is 10.3. The molecule has 2 fully saturated rings. The van der Waals surface area contributed by atoms with Crippen LogP contribution in [0.3, 0.4) is 0 Å². The first-order valence-corrected chi connectivity index (χ1v) is 10.6. The van der Waals surface area contributed by atoms with Gasteiger partial charge in [0.05, 0.1) is 6.54 Å². The molecule has 1 unspecified atom stereocenters. The fourth-order valence-electron chi connectivity index (χ4n) is 4.11. The summed E-state index contributed by atoms with van der Waals surface area (Å²) in [4.78, 5) is 22.8. The lowest BCUT2D eigenvalue weighted by Crippen LogP contribution is -2.47. The maximum absolute atomic E-state index is 11.3. The number of carbonyl (C=O) groups excluding carboxylic acids is 1. The van der Waals surface area contributed by atoms with Crippen LogP contribution in [-0.2, 0) is 11.3 Å². The van der Waals surface area contributed by atoms with Crippen molar-refractivity contribution < 1.29 is 9.53 Å². The first-order valence-electron chi connectivity index (χ1n) is 10.6. The van der Waals surface area contributed by atoms with Crippen LogP contribution in [0.4, 0.5) is 0 Å². The van der Waals surface area contributed by atoms with E-state index in [2.05, 4.69) is 22.1 Å². The average molecular weight is 388 g/mol. The van der Waals surface area contributed by atoms with E-state index in [1.165, 1.54) is 12.8 Å². The number of piperidine rings is 1. The van der Waals surface area contributed by atoms with Crippen molar-refractivity contribution in [2.45, 2.75) is 64.5 Å². The maximum atomic E-state index is 11.3. The number of aromatic nitrogens is 1. The summed E-state index contributed by atoms with van der Waals surface area (Å²) in [5.41, 5.74) is 6.41. The normalized spacial score (nSPS) is 21.0. The quantitative estimate of drug-likeness (QED) is 0.554. The number of nitrogens with two attached hydrogens (primary N) is 1.